The van der Waals surface area contributed by atoms with Crippen LogP contribution in [0.2, 0.25) is 0 Å². The molecule has 0 saturated carbocycles. The molecule has 5 heteroatoms. The average molecular weight is 244 g/mol. The van der Waals surface area contributed by atoms with Gasteiger partial charge in [0.1, 0.15) is 0 Å². The number of aromatic amines is 1. The van der Waals surface area contributed by atoms with Crippen LogP contribution in [0.5, 0.6) is 0 Å². The van der Waals surface area contributed by atoms with Gasteiger partial charge in [0.2, 0.25) is 0 Å². The fourth-order valence-electron chi connectivity index (χ4n) is 1.79. The third kappa shape index (κ3) is 2.07. The van der Waals surface area contributed by atoms with Gasteiger partial charge in [-0.15, -0.1) is 0 Å². The van der Waals surface area contributed by atoms with E-state index in [1.165, 1.54) is 0 Å². The zero-order chi connectivity index (χ0) is 13.3. The van der Waals surface area contributed by atoms with Crippen molar-refractivity contribution < 1.29 is 4.79 Å². The van der Waals surface area contributed by atoms with Crippen LogP contribution in [-0.2, 0) is 0 Å². The van der Waals surface area contributed by atoms with Gasteiger partial charge in [0.15, 0.2) is 0 Å². The van der Waals surface area contributed by atoms with Crippen LogP contribution < -0.4 is 11.1 Å². The molecule has 0 unspecified atom stereocenters. The number of H-pyrrole nitrogens is 1. The number of hydrogen-bond acceptors (Lipinski definition) is 3. The largest absolute Gasteiger partial charge is 0.398 e. The molecule has 1 amide bonds. The van der Waals surface area contributed by atoms with E-state index in [1.807, 2.05) is 32.9 Å². The van der Waals surface area contributed by atoms with E-state index in [0.29, 0.717) is 16.9 Å². The number of hydrogen-bond donors (Lipinski definition) is 3. The molecule has 0 spiro atoms. The maximum Gasteiger partial charge on any atom is 0.257 e. The second kappa shape index (κ2) is 4.52. The molecule has 4 N–H and O–H groups in total. The summed E-state index contributed by atoms with van der Waals surface area (Å²) >= 11 is 0. The molecule has 5 nitrogen and oxygen atoms in total. The van der Waals surface area contributed by atoms with E-state index < -0.39 is 0 Å². The maximum absolute atomic E-state index is 12.2. The Balaban J connectivity index is 2.31. The topological polar surface area (TPSA) is 83.8 Å². The van der Waals surface area contributed by atoms with Gasteiger partial charge in [-0.05, 0) is 32.4 Å². The van der Waals surface area contributed by atoms with Gasteiger partial charge in [-0.1, -0.05) is 12.1 Å². The molecule has 94 valence electrons. The van der Waals surface area contributed by atoms with Crippen molar-refractivity contribution in [2.45, 2.75) is 20.8 Å². The highest BCUT2D eigenvalue weighted by Gasteiger charge is 2.14. The minimum atomic E-state index is -0.219. The van der Waals surface area contributed by atoms with Crippen molar-refractivity contribution in [2.75, 3.05) is 11.1 Å². The third-order valence-electron chi connectivity index (χ3n) is 2.94. The molecule has 0 aliphatic rings. The molecule has 1 aromatic carbocycles. The fourth-order valence-corrected chi connectivity index (χ4v) is 1.79. The van der Waals surface area contributed by atoms with Gasteiger partial charge in [-0.3, -0.25) is 9.89 Å². The predicted molar refractivity (Wildman–Crippen MR) is 71.6 cm³/mol. The van der Waals surface area contributed by atoms with Crippen molar-refractivity contribution in [3.63, 3.8) is 0 Å². The van der Waals surface area contributed by atoms with Crippen LogP contribution in [0.25, 0.3) is 0 Å². The summed E-state index contributed by atoms with van der Waals surface area (Å²) < 4.78 is 0. The van der Waals surface area contributed by atoms with Crippen molar-refractivity contribution in [2.24, 2.45) is 0 Å². The van der Waals surface area contributed by atoms with Crippen LogP contribution in [-0.4, -0.2) is 16.1 Å². The summed E-state index contributed by atoms with van der Waals surface area (Å²) in [7, 11) is 0. The summed E-state index contributed by atoms with van der Waals surface area (Å²) in [5, 5.41) is 9.69. The van der Waals surface area contributed by atoms with Crippen molar-refractivity contribution in [1.29, 1.82) is 0 Å². The van der Waals surface area contributed by atoms with Crippen molar-refractivity contribution in [3.8, 4) is 0 Å². The first kappa shape index (κ1) is 12.2. The van der Waals surface area contributed by atoms with Gasteiger partial charge >= 0.3 is 0 Å². The van der Waals surface area contributed by atoms with Gasteiger partial charge in [0.05, 0.1) is 22.6 Å². The average Bonchev–Trinajstić information content (AvgIpc) is 2.64. The smallest absolute Gasteiger partial charge is 0.257 e. The second-order valence-electron chi connectivity index (χ2n) is 4.30. The number of para-hydroxylation sites is 1. The zero-order valence-corrected chi connectivity index (χ0v) is 10.7. The Hall–Kier alpha value is -2.30. The number of nitrogen functional groups attached to an aromatic ring is 1. The molecule has 18 heavy (non-hydrogen) atoms. The number of nitrogens with zero attached hydrogens (tertiary/aromatic N) is 1. The van der Waals surface area contributed by atoms with Crippen LogP contribution in [0.15, 0.2) is 18.2 Å². The van der Waals surface area contributed by atoms with E-state index in [4.69, 9.17) is 5.73 Å². The van der Waals surface area contributed by atoms with E-state index in [2.05, 4.69) is 15.5 Å². The molecular formula is C13H16N4O. The van der Waals surface area contributed by atoms with E-state index in [1.54, 1.807) is 6.07 Å². The van der Waals surface area contributed by atoms with Gasteiger partial charge in [0.25, 0.3) is 5.91 Å². The highest BCUT2D eigenvalue weighted by Crippen LogP contribution is 2.21. The number of anilines is 2. The van der Waals surface area contributed by atoms with E-state index in [-0.39, 0.29) is 5.91 Å². The summed E-state index contributed by atoms with van der Waals surface area (Å²) in [5.74, 6) is -0.219. The summed E-state index contributed by atoms with van der Waals surface area (Å²) in [6, 6.07) is 5.40. The van der Waals surface area contributed by atoms with Crippen LogP contribution in [0, 0.1) is 20.8 Å². The molecule has 0 aliphatic heterocycles. The predicted octanol–water partition coefficient (Wildman–Crippen LogP) is 2.17. The summed E-state index contributed by atoms with van der Waals surface area (Å²) in [5.41, 5.74) is 10.1. The molecule has 0 radical (unpaired) electrons. The monoisotopic (exact) mass is 244 g/mol. The Morgan fingerprint density at radius 3 is 2.67 bits per heavy atom. The lowest BCUT2D eigenvalue weighted by Crippen LogP contribution is -2.15. The van der Waals surface area contributed by atoms with Gasteiger partial charge in [-0.25, -0.2) is 0 Å². The van der Waals surface area contributed by atoms with Crippen molar-refractivity contribution in [3.05, 3.63) is 40.7 Å². The van der Waals surface area contributed by atoms with Crippen LogP contribution in [0.1, 0.15) is 27.3 Å². The third-order valence-corrected chi connectivity index (χ3v) is 2.94. The van der Waals surface area contributed by atoms with E-state index in [0.717, 1.165) is 17.0 Å². The molecule has 0 aliphatic carbocycles. The quantitative estimate of drug-likeness (QED) is 0.708. The van der Waals surface area contributed by atoms with Crippen molar-refractivity contribution in [1.82, 2.24) is 10.2 Å². The summed E-state index contributed by atoms with van der Waals surface area (Å²) in [6.07, 6.45) is 0. The lowest BCUT2D eigenvalue weighted by Gasteiger charge is -2.09. The standard InChI is InChI=1S/C13H16N4O/c1-7-5-4-6-10(11(7)14)13(18)15-12-8(2)16-17-9(12)3/h4-6H,14H2,1-3H3,(H,15,18)(H,16,17). The normalized spacial score (nSPS) is 10.4. The Morgan fingerprint density at radius 1 is 1.33 bits per heavy atom. The maximum atomic E-state index is 12.2. The molecular weight excluding hydrogens is 228 g/mol. The Bertz CT molecular complexity index is 582. The number of aryl methyl sites for hydroxylation is 3. The van der Waals surface area contributed by atoms with E-state index in [9.17, 15) is 4.79 Å². The number of rotatable bonds is 2. The first-order valence-electron chi connectivity index (χ1n) is 5.68. The van der Waals surface area contributed by atoms with Gasteiger partial charge in [0, 0.05) is 5.69 Å². The molecule has 1 aromatic heterocycles. The zero-order valence-electron chi connectivity index (χ0n) is 10.7. The minimum absolute atomic E-state index is 0.219. The lowest BCUT2D eigenvalue weighted by atomic mass is 10.1. The number of aromatic nitrogens is 2. The number of carbonyl (C=O) groups excluding carboxylic acids is 1. The first-order valence-corrected chi connectivity index (χ1v) is 5.68. The summed E-state index contributed by atoms with van der Waals surface area (Å²) in [6.45, 7) is 5.56. The number of amides is 1. The Morgan fingerprint density at radius 2 is 2.06 bits per heavy atom. The molecule has 0 saturated heterocycles. The van der Waals surface area contributed by atoms with Crippen LogP contribution in [0.3, 0.4) is 0 Å². The van der Waals surface area contributed by atoms with E-state index >= 15 is 0 Å². The Kier molecular flexibility index (Phi) is 3.06. The SMILES string of the molecule is Cc1cccc(C(=O)Nc2c(C)n[nH]c2C)c1N. The number of nitrogens with two attached hydrogens (primary N) is 1. The van der Waals surface area contributed by atoms with Gasteiger partial charge in [-0.2, -0.15) is 5.10 Å². The van der Waals surface area contributed by atoms with Crippen molar-refractivity contribution >= 4 is 17.3 Å². The highest BCUT2D eigenvalue weighted by atomic mass is 16.1. The number of nitrogens with one attached hydrogen (secondary N) is 2. The van der Waals surface area contributed by atoms with Crippen LogP contribution >= 0.6 is 0 Å². The lowest BCUT2D eigenvalue weighted by molar-refractivity contribution is 0.102. The molecule has 0 fully saturated rings. The molecule has 2 aromatic rings. The highest BCUT2D eigenvalue weighted by molar-refractivity contribution is 6.08. The first-order chi connectivity index (χ1) is 8.50. The Labute approximate surface area is 105 Å². The molecule has 0 bridgehead atoms. The molecule has 2 rings (SSSR count). The summed E-state index contributed by atoms with van der Waals surface area (Å²) in [4.78, 5) is 12.2. The van der Waals surface area contributed by atoms with Crippen LogP contribution in [0.4, 0.5) is 11.4 Å². The minimum Gasteiger partial charge on any atom is -0.398 e. The molecule has 1 heterocycles. The number of benzene rings is 1. The number of carbonyl (C=O) groups is 1. The van der Waals surface area contributed by atoms with Gasteiger partial charge < -0.3 is 11.1 Å². The fraction of sp³-hybridized carbons (Fsp3) is 0.231. The molecule has 0 atom stereocenters. The second-order valence-corrected chi connectivity index (χ2v) is 4.30.